The van der Waals surface area contributed by atoms with Crippen molar-refractivity contribution in [2.45, 2.75) is 33.1 Å². The van der Waals surface area contributed by atoms with Crippen LogP contribution < -0.4 is 20.1 Å². The van der Waals surface area contributed by atoms with Crippen LogP contribution in [-0.2, 0) is 6.42 Å². The average molecular weight is 373 g/mol. The predicted octanol–water partition coefficient (Wildman–Crippen LogP) is 4.79. The lowest BCUT2D eigenvalue weighted by molar-refractivity contribution is 0.314. The van der Waals surface area contributed by atoms with Crippen LogP contribution in [-0.4, -0.2) is 24.9 Å². The summed E-state index contributed by atoms with van der Waals surface area (Å²) < 4.78 is 11.3. The second kappa shape index (κ2) is 11.4. The van der Waals surface area contributed by atoms with Crippen LogP contribution in [0.25, 0.3) is 0 Å². The predicted molar refractivity (Wildman–Crippen MR) is 112 cm³/mol. The SMILES string of the molecule is CCCOc1ccccc1CCCNC(=S)Nc1cccc(OCC)c1. The Labute approximate surface area is 161 Å². The zero-order valence-electron chi connectivity index (χ0n) is 15.6. The van der Waals surface area contributed by atoms with Gasteiger partial charge in [-0.2, -0.15) is 0 Å². The van der Waals surface area contributed by atoms with Crippen LogP contribution >= 0.6 is 12.2 Å². The van der Waals surface area contributed by atoms with Crippen LogP contribution in [0, 0.1) is 0 Å². The van der Waals surface area contributed by atoms with E-state index in [1.165, 1.54) is 5.56 Å². The first-order valence-electron chi connectivity index (χ1n) is 9.21. The van der Waals surface area contributed by atoms with Crippen molar-refractivity contribution in [3.05, 3.63) is 54.1 Å². The third-order valence-electron chi connectivity index (χ3n) is 3.75. The molecule has 0 aliphatic heterocycles. The number of rotatable bonds is 10. The van der Waals surface area contributed by atoms with E-state index in [4.69, 9.17) is 21.7 Å². The summed E-state index contributed by atoms with van der Waals surface area (Å²) in [7, 11) is 0. The molecule has 0 atom stereocenters. The van der Waals surface area contributed by atoms with E-state index in [1.807, 2.05) is 43.3 Å². The average Bonchev–Trinajstić information content (AvgIpc) is 2.65. The highest BCUT2D eigenvalue weighted by molar-refractivity contribution is 7.80. The van der Waals surface area contributed by atoms with Gasteiger partial charge in [0.15, 0.2) is 5.11 Å². The van der Waals surface area contributed by atoms with Gasteiger partial charge in [0.05, 0.1) is 13.2 Å². The minimum Gasteiger partial charge on any atom is -0.494 e. The minimum atomic E-state index is 0.620. The van der Waals surface area contributed by atoms with E-state index < -0.39 is 0 Å². The Morgan fingerprint density at radius 3 is 2.69 bits per heavy atom. The Morgan fingerprint density at radius 1 is 1.04 bits per heavy atom. The molecule has 0 bridgehead atoms. The molecule has 0 aliphatic carbocycles. The maximum absolute atomic E-state index is 5.80. The van der Waals surface area contributed by atoms with Crippen molar-refractivity contribution >= 4 is 23.0 Å². The van der Waals surface area contributed by atoms with Crippen LogP contribution in [0.1, 0.15) is 32.3 Å². The molecule has 0 heterocycles. The smallest absolute Gasteiger partial charge is 0.170 e. The van der Waals surface area contributed by atoms with Crippen molar-refractivity contribution in [2.75, 3.05) is 25.1 Å². The Hall–Kier alpha value is -2.27. The second-order valence-corrected chi connectivity index (χ2v) is 6.31. The molecule has 0 unspecified atom stereocenters. The van der Waals surface area contributed by atoms with Gasteiger partial charge in [0.25, 0.3) is 0 Å². The molecule has 0 fully saturated rings. The number of nitrogens with one attached hydrogen (secondary N) is 2. The number of thiocarbonyl (C=S) groups is 1. The van der Waals surface area contributed by atoms with Gasteiger partial charge in [-0.1, -0.05) is 31.2 Å². The van der Waals surface area contributed by atoms with E-state index >= 15 is 0 Å². The van der Waals surface area contributed by atoms with Gasteiger partial charge in [0.2, 0.25) is 0 Å². The summed E-state index contributed by atoms with van der Waals surface area (Å²) in [6, 6.07) is 16.0. The van der Waals surface area contributed by atoms with E-state index in [9.17, 15) is 0 Å². The Bertz CT molecular complexity index is 691. The molecule has 0 aliphatic rings. The maximum Gasteiger partial charge on any atom is 0.170 e. The second-order valence-electron chi connectivity index (χ2n) is 5.90. The molecule has 2 aromatic rings. The third kappa shape index (κ3) is 6.92. The highest BCUT2D eigenvalue weighted by Gasteiger charge is 2.03. The fourth-order valence-corrected chi connectivity index (χ4v) is 2.77. The molecule has 5 heteroatoms. The van der Waals surface area contributed by atoms with Gasteiger partial charge in [-0.25, -0.2) is 0 Å². The van der Waals surface area contributed by atoms with Gasteiger partial charge >= 0.3 is 0 Å². The number of hydrogen-bond donors (Lipinski definition) is 2. The Kier molecular flexibility index (Phi) is 8.76. The van der Waals surface area contributed by atoms with Crippen molar-refractivity contribution in [2.24, 2.45) is 0 Å². The molecule has 0 amide bonds. The van der Waals surface area contributed by atoms with Crippen molar-refractivity contribution < 1.29 is 9.47 Å². The third-order valence-corrected chi connectivity index (χ3v) is 3.99. The van der Waals surface area contributed by atoms with Gasteiger partial charge in [0, 0.05) is 18.3 Å². The van der Waals surface area contributed by atoms with Gasteiger partial charge in [-0.3, -0.25) is 0 Å². The van der Waals surface area contributed by atoms with Gasteiger partial charge in [-0.05, 0) is 62.2 Å². The maximum atomic E-state index is 5.80. The summed E-state index contributed by atoms with van der Waals surface area (Å²) in [6.45, 7) is 6.29. The van der Waals surface area contributed by atoms with Crippen molar-refractivity contribution in [1.82, 2.24) is 5.32 Å². The number of para-hydroxylation sites is 1. The molecule has 26 heavy (non-hydrogen) atoms. The largest absolute Gasteiger partial charge is 0.494 e. The van der Waals surface area contributed by atoms with Gasteiger partial charge < -0.3 is 20.1 Å². The normalized spacial score (nSPS) is 10.2. The summed E-state index contributed by atoms with van der Waals surface area (Å²) in [5.41, 5.74) is 2.16. The summed E-state index contributed by atoms with van der Waals surface area (Å²) in [4.78, 5) is 0. The van der Waals surface area contributed by atoms with E-state index in [1.54, 1.807) is 0 Å². The lowest BCUT2D eigenvalue weighted by atomic mass is 10.1. The molecule has 0 aromatic heterocycles. The van der Waals surface area contributed by atoms with E-state index in [-0.39, 0.29) is 0 Å². The van der Waals surface area contributed by atoms with E-state index in [0.29, 0.717) is 11.7 Å². The molecule has 0 saturated carbocycles. The number of anilines is 1. The monoisotopic (exact) mass is 372 g/mol. The van der Waals surface area contributed by atoms with Crippen LogP contribution in [0.2, 0.25) is 0 Å². The fraction of sp³-hybridized carbons (Fsp3) is 0.381. The molecule has 4 nitrogen and oxygen atoms in total. The standard InChI is InChI=1S/C21H28N2O2S/c1-3-15-25-20-13-6-5-9-17(20)10-8-14-22-21(26)23-18-11-7-12-19(16-18)24-4-2/h5-7,9,11-13,16H,3-4,8,10,14-15H2,1-2H3,(H2,22,23,26). The summed E-state index contributed by atoms with van der Waals surface area (Å²) >= 11 is 5.37. The summed E-state index contributed by atoms with van der Waals surface area (Å²) in [5, 5.41) is 7.07. The highest BCUT2D eigenvalue weighted by atomic mass is 32.1. The molecule has 140 valence electrons. The minimum absolute atomic E-state index is 0.620. The molecular formula is C21H28N2O2S. The van der Waals surface area contributed by atoms with Crippen LogP contribution in [0.3, 0.4) is 0 Å². The highest BCUT2D eigenvalue weighted by Crippen LogP contribution is 2.20. The topological polar surface area (TPSA) is 42.5 Å². The zero-order chi connectivity index (χ0) is 18.6. The molecule has 2 rings (SSSR count). The number of aryl methyl sites for hydroxylation is 1. The van der Waals surface area contributed by atoms with E-state index in [0.717, 1.165) is 49.6 Å². The summed E-state index contributed by atoms with van der Waals surface area (Å²) in [6.07, 6.45) is 2.95. The molecule has 0 radical (unpaired) electrons. The van der Waals surface area contributed by atoms with Crippen LogP contribution in [0.5, 0.6) is 11.5 Å². The number of hydrogen-bond acceptors (Lipinski definition) is 3. The van der Waals surface area contributed by atoms with Crippen LogP contribution in [0.4, 0.5) is 5.69 Å². The van der Waals surface area contributed by atoms with Crippen molar-refractivity contribution in [3.8, 4) is 11.5 Å². The molecule has 0 spiro atoms. The fourth-order valence-electron chi connectivity index (χ4n) is 2.55. The number of benzene rings is 2. The Morgan fingerprint density at radius 2 is 1.88 bits per heavy atom. The van der Waals surface area contributed by atoms with Gasteiger partial charge in [0.1, 0.15) is 11.5 Å². The van der Waals surface area contributed by atoms with E-state index in [2.05, 4.69) is 29.7 Å². The first kappa shape index (κ1) is 20.0. The Balaban J connectivity index is 1.74. The van der Waals surface area contributed by atoms with Gasteiger partial charge in [-0.15, -0.1) is 0 Å². The molecule has 2 aromatic carbocycles. The molecule has 0 saturated heterocycles. The number of ether oxygens (including phenoxy) is 2. The lowest BCUT2D eigenvalue weighted by Gasteiger charge is -2.13. The zero-order valence-corrected chi connectivity index (χ0v) is 16.4. The molecular weight excluding hydrogens is 344 g/mol. The van der Waals surface area contributed by atoms with Crippen molar-refractivity contribution in [1.29, 1.82) is 0 Å². The first-order valence-corrected chi connectivity index (χ1v) is 9.62. The quantitative estimate of drug-likeness (QED) is 0.463. The van der Waals surface area contributed by atoms with Crippen LogP contribution in [0.15, 0.2) is 48.5 Å². The summed E-state index contributed by atoms with van der Waals surface area (Å²) in [5.74, 6) is 1.83. The molecule has 2 N–H and O–H groups in total. The van der Waals surface area contributed by atoms with Crippen molar-refractivity contribution in [3.63, 3.8) is 0 Å². The first-order chi connectivity index (χ1) is 12.7. The lowest BCUT2D eigenvalue weighted by Crippen LogP contribution is -2.29.